The van der Waals surface area contributed by atoms with Crippen molar-refractivity contribution >= 4 is 23.3 Å². The van der Waals surface area contributed by atoms with E-state index in [1.54, 1.807) is 30.5 Å². The average molecular weight is 302 g/mol. The Morgan fingerprint density at radius 2 is 2.19 bits per heavy atom. The maximum atomic E-state index is 12.2. The van der Waals surface area contributed by atoms with E-state index in [0.717, 1.165) is 25.3 Å². The molecular weight excluding hydrogens is 286 g/mol. The monoisotopic (exact) mass is 301 g/mol. The van der Waals surface area contributed by atoms with Crippen molar-refractivity contribution in [1.82, 2.24) is 10.3 Å². The van der Waals surface area contributed by atoms with Gasteiger partial charge in [-0.2, -0.15) is 0 Å². The van der Waals surface area contributed by atoms with Crippen molar-refractivity contribution < 1.29 is 4.79 Å². The lowest BCUT2D eigenvalue weighted by Gasteiger charge is -2.17. The summed E-state index contributed by atoms with van der Waals surface area (Å²) in [5, 5.41) is 3.63. The zero-order chi connectivity index (χ0) is 14.7. The van der Waals surface area contributed by atoms with Crippen molar-refractivity contribution in [3.8, 4) is 0 Å². The van der Waals surface area contributed by atoms with Crippen LogP contribution in [0, 0.1) is 0 Å². The van der Waals surface area contributed by atoms with Crippen LogP contribution in [0.1, 0.15) is 16.8 Å². The molecule has 3 rings (SSSR count). The first kappa shape index (κ1) is 13.9. The van der Waals surface area contributed by atoms with Gasteiger partial charge in [-0.1, -0.05) is 23.7 Å². The van der Waals surface area contributed by atoms with Crippen molar-refractivity contribution in [2.45, 2.75) is 12.5 Å². The SMILES string of the molecule is O=C(NC1CCN(c2ccccn2)C1)c1cccc(Cl)c1. The molecule has 1 atom stereocenters. The number of carbonyl (C=O) groups excluding carboxylic acids is 1. The third kappa shape index (κ3) is 3.34. The molecule has 1 saturated heterocycles. The zero-order valence-corrected chi connectivity index (χ0v) is 12.3. The average Bonchev–Trinajstić information content (AvgIpc) is 2.97. The van der Waals surface area contributed by atoms with Crippen LogP contribution in [0.25, 0.3) is 0 Å². The largest absolute Gasteiger partial charge is 0.354 e. The van der Waals surface area contributed by atoms with Crippen LogP contribution in [0.3, 0.4) is 0 Å². The van der Waals surface area contributed by atoms with E-state index < -0.39 is 0 Å². The summed E-state index contributed by atoms with van der Waals surface area (Å²) in [6.45, 7) is 1.68. The minimum atomic E-state index is -0.0784. The second kappa shape index (κ2) is 6.14. The summed E-state index contributed by atoms with van der Waals surface area (Å²) in [4.78, 5) is 18.7. The van der Waals surface area contributed by atoms with Crippen LogP contribution in [0.2, 0.25) is 5.02 Å². The van der Waals surface area contributed by atoms with Crippen LogP contribution in [0.4, 0.5) is 5.82 Å². The Balaban J connectivity index is 1.61. The number of hydrogen-bond acceptors (Lipinski definition) is 3. The van der Waals surface area contributed by atoms with Crippen LogP contribution >= 0.6 is 11.6 Å². The molecule has 0 saturated carbocycles. The van der Waals surface area contributed by atoms with Crippen molar-refractivity contribution in [1.29, 1.82) is 0 Å². The first-order valence-corrected chi connectivity index (χ1v) is 7.32. The number of benzene rings is 1. The minimum Gasteiger partial charge on any atom is -0.354 e. The second-order valence-corrected chi connectivity index (χ2v) is 5.54. The number of amides is 1. The summed E-state index contributed by atoms with van der Waals surface area (Å²) in [5.74, 6) is 0.877. The molecule has 1 unspecified atom stereocenters. The van der Waals surface area contributed by atoms with Gasteiger partial charge in [0.15, 0.2) is 0 Å². The molecule has 1 fully saturated rings. The Kier molecular flexibility index (Phi) is 4.06. The molecule has 0 spiro atoms. The van der Waals surface area contributed by atoms with Gasteiger partial charge in [-0.15, -0.1) is 0 Å². The summed E-state index contributed by atoms with van der Waals surface area (Å²) in [6.07, 6.45) is 2.70. The summed E-state index contributed by atoms with van der Waals surface area (Å²) >= 11 is 5.91. The van der Waals surface area contributed by atoms with Gasteiger partial charge in [0.25, 0.3) is 5.91 Å². The van der Waals surface area contributed by atoms with Gasteiger partial charge >= 0.3 is 0 Å². The number of hydrogen-bond donors (Lipinski definition) is 1. The van der Waals surface area contributed by atoms with Crippen LogP contribution in [-0.2, 0) is 0 Å². The van der Waals surface area contributed by atoms with Gasteiger partial charge in [0.05, 0.1) is 0 Å². The lowest BCUT2D eigenvalue weighted by atomic mass is 10.2. The van der Waals surface area contributed by atoms with E-state index in [-0.39, 0.29) is 11.9 Å². The highest BCUT2D eigenvalue weighted by molar-refractivity contribution is 6.30. The molecule has 1 amide bonds. The van der Waals surface area contributed by atoms with Gasteiger partial charge in [-0.25, -0.2) is 4.98 Å². The molecule has 0 aliphatic carbocycles. The quantitative estimate of drug-likeness (QED) is 0.948. The van der Waals surface area contributed by atoms with Crippen LogP contribution < -0.4 is 10.2 Å². The Morgan fingerprint density at radius 1 is 1.29 bits per heavy atom. The summed E-state index contributed by atoms with van der Waals surface area (Å²) < 4.78 is 0. The van der Waals surface area contributed by atoms with E-state index in [1.165, 1.54) is 0 Å². The number of rotatable bonds is 3. The smallest absolute Gasteiger partial charge is 0.251 e. The predicted octanol–water partition coefficient (Wildman–Crippen LogP) is 2.74. The van der Waals surface area contributed by atoms with Crippen LogP contribution in [0.5, 0.6) is 0 Å². The Bertz CT molecular complexity index is 632. The first-order valence-electron chi connectivity index (χ1n) is 6.95. The Labute approximate surface area is 128 Å². The standard InChI is InChI=1S/C16H16ClN3O/c17-13-5-3-4-12(10-13)16(21)19-14-7-9-20(11-14)15-6-1-2-8-18-15/h1-6,8,10,14H,7,9,11H2,(H,19,21). The van der Waals surface area contributed by atoms with E-state index in [9.17, 15) is 4.79 Å². The molecule has 0 bridgehead atoms. The Morgan fingerprint density at radius 3 is 2.95 bits per heavy atom. The van der Waals surface area contributed by atoms with Gasteiger partial charge in [0.2, 0.25) is 0 Å². The van der Waals surface area contributed by atoms with E-state index in [2.05, 4.69) is 15.2 Å². The maximum Gasteiger partial charge on any atom is 0.251 e. The number of aromatic nitrogens is 1. The molecule has 1 N–H and O–H groups in total. The van der Waals surface area contributed by atoms with E-state index in [0.29, 0.717) is 10.6 Å². The van der Waals surface area contributed by atoms with E-state index in [4.69, 9.17) is 11.6 Å². The molecule has 21 heavy (non-hydrogen) atoms. The minimum absolute atomic E-state index is 0.0784. The fraction of sp³-hybridized carbons (Fsp3) is 0.250. The highest BCUT2D eigenvalue weighted by Crippen LogP contribution is 2.18. The summed E-state index contributed by atoms with van der Waals surface area (Å²) in [6, 6.07) is 13.0. The lowest BCUT2D eigenvalue weighted by molar-refractivity contribution is 0.0940. The molecule has 1 aliphatic heterocycles. The third-order valence-corrected chi connectivity index (χ3v) is 3.82. The fourth-order valence-corrected chi connectivity index (χ4v) is 2.72. The van der Waals surface area contributed by atoms with Gasteiger partial charge in [0, 0.05) is 35.9 Å². The zero-order valence-electron chi connectivity index (χ0n) is 11.5. The molecule has 5 heteroatoms. The molecule has 1 aromatic heterocycles. The van der Waals surface area contributed by atoms with Crippen molar-refractivity contribution in [2.75, 3.05) is 18.0 Å². The molecule has 1 aliphatic rings. The number of pyridine rings is 1. The number of nitrogens with zero attached hydrogens (tertiary/aromatic N) is 2. The van der Waals surface area contributed by atoms with Gasteiger partial charge in [-0.05, 0) is 36.8 Å². The molecular formula is C16H16ClN3O. The first-order chi connectivity index (χ1) is 10.2. The Hall–Kier alpha value is -2.07. The molecule has 2 aromatic rings. The number of halogens is 1. The van der Waals surface area contributed by atoms with E-state index >= 15 is 0 Å². The van der Waals surface area contributed by atoms with Gasteiger partial charge in [0.1, 0.15) is 5.82 Å². The highest BCUT2D eigenvalue weighted by atomic mass is 35.5. The topological polar surface area (TPSA) is 45.2 Å². The molecule has 4 nitrogen and oxygen atoms in total. The normalized spacial score (nSPS) is 17.8. The number of anilines is 1. The molecule has 1 aromatic carbocycles. The molecule has 108 valence electrons. The van der Waals surface area contributed by atoms with Gasteiger partial charge < -0.3 is 10.2 Å². The highest BCUT2D eigenvalue weighted by Gasteiger charge is 2.24. The third-order valence-electron chi connectivity index (χ3n) is 3.58. The number of carbonyl (C=O) groups is 1. The van der Waals surface area contributed by atoms with Crippen molar-refractivity contribution in [3.63, 3.8) is 0 Å². The van der Waals surface area contributed by atoms with E-state index in [1.807, 2.05) is 18.2 Å². The van der Waals surface area contributed by atoms with Crippen LogP contribution in [0.15, 0.2) is 48.7 Å². The van der Waals surface area contributed by atoms with Crippen LogP contribution in [-0.4, -0.2) is 30.0 Å². The second-order valence-electron chi connectivity index (χ2n) is 5.10. The maximum absolute atomic E-state index is 12.2. The predicted molar refractivity (Wildman–Crippen MR) is 83.8 cm³/mol. The van der Waals surface area contributed by atoms with Gasteiger partial charge in [-0.3, -0.25) is 4.79 Å². The fourth-order valence-electron chi connectivity index (χ4n) is 2.53. The summed E-state index contributed by atoms with van der Waals surface area (Å²) in [5.41, 5.74) is 0.596. The molecule has 2 heterocycles. The summed E-state index contributed by atoms with van der Waals surface area (Å²) in [7, 11) is 0. The van der Waals surface area contributed by atoms with Crippen molar-refractivity contribution in [2.24, 2.45) is 0 Å². The lowest BCUT2D eigenvalue weighted by Crippen LogP contribution is -2.37. The molecule has 0 radical (unpaired) electrons. The van der Waals surface area contributed by atoms with Crippen molar-refractivity contribution in [3.05, 3.63) is 59.2 Å². The number of nitrogens with one attached hydrogen (secondary N) is 1.